The number of rotatable bonds is 3. The Kier molecular flexibility index (Phi) is 4.86. The van der Waals surface area contributed by atoms with Crippen LogP contribution in [0.25, 0.3) is 38.3 Å². The van der Waals surface area contributed by atoms with E-state index in [4.69, 9.17) is 16.6 Å². The van der Waals surface area contributed by atoms with Crippen molar-refractivity contribution in [3.05, 3.63) is 126 Å². The first kappa shape index (κ1) is 20.9. The Hall–Kier alpha value is -4.41. The van der Waals surface area contributed by atoms with Crippen LogP contribution >= 0.6 is 11.6 Å². The third-order valence-corrected chi connectivity index (χ3v) is 6.89. The molecule has 1 aliphatic heterocycles. The van der Waals surface area contributed by atoms with Crippen molar-refractivity contribution in [1.82, 2.24) is 9.88 Å². The molecule has 1 aliphatic rings. The van der Waals surface area contributed by atoms with Crippen molar-refractivity contribution in [3.8, 4) is 5.69 Å². The fraction of sp³-hybridized carbons (Fsp3) is 0.0323. The van der Waals surface area contributed by atoms with E-state index in [0.29, 0.717) is 11.7 Å². The maximum Gasteiger partial charge on any atom is 0.198 e. The van der Waals surface area contributed by atoms with Crippen LogP contribution in [0.3, 0.4) is 0 Å². The van der Waals surface area contributed by atoms with Crippen LogP contribution in [0.2, 0.25) is 0 Å². The van der Waals surface area contributed by atoms with Crippen molar-refractivity contribution >= 4 is 55.9 Å². The lowest BCUT2D eigenvalue weighted by Gasteiger charge is -2.20. The van der Waals surface area contributed by atoms with E-state index in [1.165, 1.54) is 21.5 Å². The summed E-state index contributed by atoms with van der Waals surface area (Å²) in [5.74, 6) is 1.32. The highest BCUT2D eigenvalue weighted by molar-refractivity contribution is 6.25. The third-order valence-electron chi connectivity index (χ3n) is 6.68. The Labute approximate surface area is 213 Å². The van der Waals surface area contributed by atoms with Gasteiger partial charge in [-0.05, 0) is 41.1 Å². The fourth-order valence-corrected chi connectivity index (χ4v) is 5.26. The highest BCUT2D eigenvalue weighted by atomic mass is 35.5. The van der Waals surface area contributed by atoms with Gasteiger partial charge in [0.1, 0.15) is 5.84 Å². The lowest BCUT2D eigenvalue weighted by Crippen LogP contribution is -2.35. The van der Waals surface area contributed by atoms with E-state index in [0.717, 1.165) is 27.8 Å². The zero-order valence-electron chi connectivity index (χ0n) is 19.3. The molecule has 0 bridgehead atoms. The number of hydrogen-bond acceptors (Lipinski definition) is 3. The molecule has 36 heavy (non-hydrogen) atoms. The molecule has 2 heterocycles. The minimum Gasteiger partial charge on any atom is -0.335 e. The summed E-state index contributed by atoms with van der Waals surface area (Å²) in [7, 11) is 0. The first-order valence-corrected chi connectivity index (χ1v) is 12.3. The molecule has 1 aromatic heterocycles. The Bertz CT molecular complexity index is 1830. The second-order valence-corrected chi connectivity index (χ2v) is 9.26. The van der Waals surface area contributed by atoms with Gasteiger partial charge < -0.3 is 9.88 Å². The van der Waals surface area contributed by atoms with E-state index < -0.39 is 5.62 Å². The van der Waals surface area contributed by atoms with Gasteiger partial charge >= 0.3 is 0 Å². The lowest BCUT2D eigenvalue weighted by atomic mass is 10.1. The van der Waals surface area contributed by atoms with E-state index >= 15 is 0 Å². The number of benzene rings is 5. The second-order valence-electron chi connectivity index (χ2n) is 8.85. The van der Waals surface area contributed by atoms with Gasteiger partial charge in [-0.25, -0.2) is 9.98 Å². The quantitative estimate of drug-likeness (QED) is 0.208. The van der Waals surface area contributed by atoms with Crippen LogP contribution < -0.4 is 5.32 Å². The molecule has 4 nitrogen and oxygen atoms in total. The maximum atomic E-state index is 6.55. The molecule has 7 rings (SSSR count). The number of nitrogens with zero attached hydrogens (tertiary/aromatic N) is 3. The van der Waals surface area contributed by atoms with Gasteiger partial charge in [-0.3, -0.25) is 0 Å². The molecule has 5 heteroatoms. The zero-order chi connectivity index (χ0) is 24.1. The number of amidine groups is 2. The molecular weight excluding hydrogens is 464 g/mol. The molecule has 0 radical (unpaired) electrons. The van der Waals surface area contributed by atoms with E-state index in [9.17, 15) is 0 Å². The smallest absolute Gasteiger partial charge is 0.198 e. The van der Waals surface area contributed by atoms with Gasteiger partial charge in [0.2, 0.25) is 0 Å². The van der Waals surface area contributed by atoms with Gasteiger partial charge in [-0.2, -0.15) is 0 Å². The standard InChI is InChI=1S/C31H21ClN4/c32-31-34-29(20-10-2-1-3-11-20)33-30(35-31)24-15-7-9-17-27(24)36-26-16-8-6-14-23(26)25-18-21-12-4-5-13-22(21)19-28(25)36/h1-19,31H,(H,33,34,35). The maximum absolute atomic E-state index is 6.55. The normalized spacial score (nSPS) is 15.6. The monoisotopic (exact) mass is 484 g/mol. The number of hydrogen-bond donors (Lipinski definition) is 1. The molecular formula is C31H21ClN4. The van der Waals surface area contributed by atoms with Crippen molar-refractivity contribution in [2.45, 2.75) is 5.62 Å². The van der Waals surface area contributed by atoms with Crippen molar-refractivity contribution in [1.29, 1.82) is 0 Å². The Morgan fingerprint density at radius 2 is 1.36 bits per heavy atom. The van der Waals surface area contributed by atoms with Crippen LogP contribution in [-0.2, 0) is 0 Å². The van der Waals surface area contributed by atoms with Crippen LogP contribution in [0.4, 0.5) is 0 Å². The van der Waals surface area contributed by atoms with Crippen LogP contribution in [0.5, 0.6) is 0 Å². The highest BCUT2D eigenvalue weighted by Crippen LogP contribution is 2.36. The fourth-order valence-electron chi connectivity index (χ4n) is 5.07. The van der Waals surface area contributed by atoms with Crippen LogP contribution in [0.15, 0.2) is 125 Å². The largest absolute Gasteiger partial charge is 0.335 e. The van der Waals surface area contributed by atoms with Gasteiger partial charge in [-0.1, -0.05) is 96.5 Å². The second kappa shape index (κ2) is 8.36. The van der Waals surface area contributed by atoms with Gasteiger partial charge in [0, 0.05) is 21.9 Å². The molecule has 1 unspecified atom stereocenters. The predicted molar refractivity (Wildman–Crippen MR) is 151 cm³/mol. The summed E-state index contributed by atoms with van der Waals surface area (Å²) in [6, 6.07) is 39.9. The highest BCUT2D eigenvalue weighted by Gasteiger charge is 2.21. The number of para-hydroxylation sites is 2. The Morgan fingerprint density at radius 3 is 2.22 bits per heavy atom. The van der Waals surface area contributed by atoms with Gasteiger partial charge in [0.25, 0.3) is 0 Å². The van der Waals surface area contributed by atoms with E-state index in [1.807, 2.05) is 36.4 Å². The SMILES string of the molecule is ClC1N=C(c2ccccc2-n2c3ccccc3c3cc4ccccc4cc32)N=C(c2ccccc2)N1. The molecule has 1 N–H and O–H groups in total. The molecule has 0 spiro atoms. The van der Waals surface area contributed by atoms with Gasteiger partial charge in [0.15, 0.2) is 11.5 Å². The van der Waals surface area contributed by atoms with Crippen molar-refractivity contribution in [2.75, 3.05) is 0 Å². The van der Waals surface area contributed by atoms with Crippen molar-refractivity contribution in [2.24, 2.45) is 9.98 Å². The summed E-state index contributed by atoms with van der Waals surface area (Å²) in [5, 5.41) is 8.05. The lowest BCUT2D eigenvalue weighted by molar-refractivity contribution is 0.831. The molecule has 5 aromatic carbocycles. The Balaban J connectivity index is 1.50. The average molecular weight is 485 g/mol. The van der Waals surface area contributed by atoms with E-state index in [-0.39, 0.29) is 0 Å². The number of aromatic nitrogens is 1. The topological polar surface area (TPSA) is 41.7 Å². The minimum absolute atomic E-state index is 0.606. The first-order chi connectivity index (χ1) is 17.8. The summed E-state index contributed by atoms with van der Waals surface area (Å²) < 4.78 is 2.32. The van der Waals surface area contributed by atoms with Crippen molar-refractivity contribution in [3.63, 3.8) is 0 Å². The summed E-state index contributed by atoms with van der Waals surface area (Å²) in [6.45, 7) is 0. The molecule has 172 valence electrons. The first-order valence-electron chi connectivity index (χ1n) is 11.9. The van der Waals surface area contributed by atoms with Gasteiger partial charge in [-0.15, -0.1) is 0 Å². The molecule has 6 aromatic rings. The molecule has 0 saturated carbocycles. The zero-order valence-corrected chi connectivity index (χ0v) is 20.0. The number of halogens is 1. The number of fused-ring (bicyclic) bond motifs is 4. The van der Waals surface area contributed by atoms with E-state index in [1.54, 1.807) is 0 Å². The number of alkyl halides is 1. The van der Waals surface area contributed by atoms with Crippen LogP contribution in [0.1, 0.15) is 11.1 Å². The third kappa shape index (κ3) is 3.38. The summed E-state index contributed by atoms with van der Waals surface area (Å²) in [4.78, 5) is 9.59. The number of aliphatic imine (C=N–C) groups is 2. The predicted octanol–water partition coefficient (Wildman–Crippen LogP) is 7.26. The molecule has 0 aliphatic carbocycles. The van der Waals surface area contributed by atoms with Crippen LogP contribution in [0, 0.1) is 0 Å². The summed E-state index contributed by atoms with van der Waals surface area (Å²) in [5.41, 5.74) is 4.58. The molecule has 0 fully saturated rings. The Morgan fingerprint density at radius 1 is 0.667 bits per heavy atom. The molecule has 0 amide bonds. The summed E-state index contributed by atoms with van der Waals surface area (Å²) >= 11 is 6.55. The molecule has 1 atom stereocenters. The summed E-state index contributed by atoms with van der Waals surface area (Å²) in [6.07, 6.45) is 0. The van der Waals surface area contributed by atoms with Crippen molar-refractivity contribution < 1.29 is 0 Å². The van der Waals surface area contributed by atoms with Crippen LogP contribution in [-0.4, -0.2) is 21.9 Å². The average Bonchev–Trinajstić information content (AvgIpc) is 3.25. The van der Waals surface area contributed by atoms with Gasteiger partial charge in [0.05, 0.1) is 16.7 Å². The number of nitrogens with one attached hydrogen (secondary N) is 1. The van der Waals surface area contributed by atoms with E-state index in [2.05, 4.69) is 93.7 Å². The molecule has 0 saturated heterocycles. The minimum atomic E-state index is -0.608.